The molecule has 0 heterocycles. The number of amides is 1. The van der Waals surface area contributed by atoms with Gasteiger partial charge in [0.1, 0.15) is 0 Å². The van der Waals surface area contributed by atoms with Crippen LogP contribution in [0.25, 0.3) is 10.8 Å². The number of benzene rings is 3. The van der Waals surface area contributed by atoms with Crippen LogP contribution in [0.2, 0.25) is 0 Å². The Balaban J connectivity index is 1.61. The Morgan fingerprint density at radius 3 is 2.44 bits per heavy atom. The van der Waals surface area contributed by atoms with E-state index in [1.54, 1.807) is 25.2 Å². The van der Waals surface area contributed by atoms with Crippen molar-refractivity contribution in [1.29, 1.82) is 0 Å². The first-order valence-corrected chi connectivity index (χ1v) is 7.90. The topological polar surface area (TPSA) is 67.4 Å². The van der Waals surface area contributed by atoms with Crippen molar-refractivity contribution < 1.29 is 14.3 Å². The maximum atomic E-state index is 12.1. The largest absolute Gasteiger partial charge is 0.452 e. The number of hydrogen-bond acceptors (Lipinski definition) is 4. The molecule has 0 aliphatic carbocycles. The summed E-state index contributed by atoms with van der Waals surface area (Å²) in [7, 11) is 1.72. The molecule has 0 bridgehead atoms. The Kier molecular flexibility index (Phi) is 4.95. The second kappa shape index (κ2) is 7.49. The van der Waals surface area contributed by atoms with Crippen LogP contribution in [0.15, 0.2) is 66.7 Å². The van der Waals surface area contributed by atoms with Crippen LogP contribution in [0.3, 0.4) is 0 Å². The number of ether oxygens (including phenoxy) is 1. The molecule has 0 radical (unpaired) electrons. The van der Waals surface area contributed by atoms with E-state index in [0.717, 1.165) is 10.8 Å². The van der Waals surface area contributed by atoms with Gasteiger partial charge in [0.2, 0.25) is 0 Å². The monoisotopic (exact) mass is 334 g/mol. The minimum atomic E-state index is -0.543. The molecule has 2 N–H and O–H groups in total. The normalized spacial score (nSPS) is 10.3. The van der Waals surface area contributed by atoms with Crippen LogP contribution in [0.1, 0.15) is 10.4 Å². The van der Waals surface area contributed by atoms with Crippen molar-refractivity contribution >= 4 is 34.0 Å². The summed E-state index contributed by atoms with van der Waals surface area (Å²) in [6.45, 7) is -0.344. The van der Waals surface area contributed by atoms with Crippen LogP contribution in [-0.2, 0) is 9.53 Å². The number of para-hydroxylation sites is 1. The van der Waals surface area contributed by atoms with E-state index in [0.29, 0.717) is 16.9 Å². The van der Waals surface area contributed by atoms with Crippen molar-refractivity contribution in [3.63, 3.8) is 0 Å². The minimum absolute atomic E-state index is 0.344. The van der Waals surface area contributed by atoms with E-state index in [1.807, 2.05) is 48.5 Å². The van der Waals surface area contributed by atoms with Gasteiger partial charge in [0, 0.05) is 18.4 Å². The summed E-state index contributed by atoms with van der Waals surface area (Å²) in [5.74, 6) is -0.927. The zero-order chi connectivity index (χ0) is 17.6. The number of fused-ring (bicyclic) bond motifs is 1. The highest BCUT2D eigenvalue weighted by atomic mass is 16.5. The average molecular weight is 334 g/mol. The molecule has 1 amide bonds. The average Bonchev–Trinajstić information content (AvgIpc) is 2.66. The number of esters is 1. The highest BCUT2D eigenvalue weighted by molar-refractivity contribution is 5.99. The van der Waals surface area contributed by atoms with Crippen LogP contribution in [0.5, 0.6) is 0 Å². The van der Waals surface area contributed by atoms with E-state index < -0.39 is 5.97 Å². The van der Waals surface area contributed by atoms with Gasteiger partial charge in [-0.05, 0) is 35.0 Å². The van der Waals surface area contributed by atoms with Crippen LogP contribution in [0, 0.1) is 0 Å². The van der Waals surface area contributed by atoms with E-state index in [-0.39, 0.29) is 12.5 Å². The molecule has 0 unspecified atom stereocenters. The Morgan fingerprint density at radius 2 is 1.64 bits per heavy atom. The van der Waals surface area contributed by atoms with Crippen molar-refractivity contribution in [3.05, 3.63) is 72.3 Å². The molecular weight excluding hydrogens is 316 g/mol. The van der Waals surface area contributed by atoms with E-state index >= 15 is 0 Å². The third-order valence-corrected chi connectivity index (χ3v) is 3.78. The Bertz CT molecular complexity index is 921. The Labute approximate surface area is 145 Å². The summed E-state index contributed by atoms with van der Waals surface area (Å²) < 4.78 is 5.10. The molecule has 3 aromatic carbocycles. The first-order valence-electron chi connectivity index (χ1n) is 7.90. The van der Waals surface area contributed by atoms with Gasteiger partial charge in [-0.25, -0.2) is 4.79 Å². The van der Waals surface area contributed by atoms with Gasteiger partial charge in [0.15, 0.2) is 6.61 Å². The lowest BCUT2D eigenvalue weighted by molar-refractivity contribution is -0.119. The summed E-state index contributed by atoms with van der Waals surface area (Å²) in [5, 5.41) is 7.78. The Morgan fingerprint density at radius 1 is 0.920 bits per heavy atom. The molecule has 0 aliphatic rings. The summed E-state index contributed by atoms with van der Waals surface area (Å²) in [6.07, 6.45) is 0. The smallest absolute Gasteiger partial charge is 0.340 e. The fourth-order valence-corrected chi connectivity index (χ4v) is 2.55. The molecule has 0 saturated heterocycles. The zero-order valence-electron chi connectivity index (χ0n) is 13.8. The molecule has 0 fully saturated rings. The number of nitrogens with one attached hydrogen (secondary N) is 2. The van der Waals surface area contributed by atoms with E-state index in [4.69, 9.17) is 4.74 Å². The number of carbonyl (C=O) groups excluding carboxylic acids is 2. The summed E-state index contributed by atoms with van der Waals surface area (Å²) in [5.41, 5.74) is 1.71. The minimum Gasteiger partial charge on any atom is -0.452 e. The van der Waals surface area contributed by atoms with Gasteiger partial charge in [0.25, 0.3) is 5.91 Å². The number of anilines is 2. The van der Waals surface area contributed by atoms with Gasteiger partial charge in [-0.1, -0.05) is 42.5 Å². The second-order valence-electron chi connectivity index (χ2n) is 5.48. The standard InChI is InChI=1S/C20H18N2O3/c1-21-18-9-5-4-8-17(18)20(24)25-13-19(23)22-16-11-10-14-6-2-3-7-15(14)12-16/h2-12,21H,13H2,1H3,(H,22,23). The lowest BCUT2D eigenvalue weighted by atomic mass is 10.1. The Hall–Kier alpha value is -3.34. The molecule has 0 spiro atoms. The van der Waals surface area contributed by atoms with Gasteiger partial charge >= 0.3 is 5.97 Å². The molecule has 25 heavy (non-hydrogen) atoms. The predicted octanol–water partition coefficient (Wildman–Crippen LogP) is 3.68. The first kappa shape index (κ1) is 16.5. The third-order valence-electron chi connectivity index (χ3n) is 3.78. The van der Waals surface area contributed by atoms with Gasteiger partial charge in [-0.3, -0.25) is 4.79 Å². The molecule has 0 saturated carbocycles. The van der Waals surface area contributed by atoms with E-state index in [1.165, 1.54) is 0 Å². The van der Waals surface area contributed by atoms with Crippen molar-refractivity contribution in [3.8, 4) is 0 Å². The molecule has 0 aromatic heterocycles. The highest BCUT2D eigenvalue weighted by Gasteiger charge is 2.13. The molecule has 5 nitrogen and oxygen atoms in total. The number of hydrogen-bond donors (Lipinski definition) is 2. The zero-order valence-corrected chi connectivity index (χ0v) is 13.8. The third kappa shape index (κ3) is 3.95. The van der Waals surface area contributed by atoms with Gasteiger partial charge < -0.3 is 15.4 Å². The highest BCUT2D eigenvalue weighted by Crippen LogP contribution is 2.19. The predicted molar refractivity (Wildman–Crippen MR) is 98.8 cm³/mol. The fraction of sp³-hybridized carbons (Fsp3) is 0.100. The number of carbonyl (C=O) groups is 2. The van der Waals surface area contributed by atoms with Crippen LogP contribution >= 0.6 is 0 Å². The molecule has 3 rings (SSSR count). The SMILES string of the molecule is CNc1ccccc1C(=O)OCC(=O)Nc1ccc2ccccc2c1. The van der Waals surface area contributed by atoms with Gasteiger partial charge in [-0.15, -0.1) is 0 Å². The lowest BCUT2D eigenvalue weighted by Gasteiger charge is -2.10. The summed E-state index contributed by atoms with van der Waals surface area (Å²) in [4.78, 5) is 24.1. The molecule has 3 aromatic rings. The van der Waals surface area contributed by atoms with E-state index in [9.17, 15) is 9.59 Å². The van der Waals surface area contributed by atoms with Crippen molar-refractivity contribution in [2.45, 2.75) is 0 Å². The second-order valence-corrected chi connectivity index (χ2v) is 5.48. The quantitative estimate of drug-likeness (QED) is 0.699. The van der Waals surface area contributed by atoms with Crippen molar-refractivity contribution in [1.82, 2.24) is 0 Å². The molecule has 5 heteroatoms. The van der Waals surface area contributed by atoms with Gasteiger partial charge in [-0.2, -0.15) is 0 Å². The van der Waals surface area contributed by atoms with Crippen molar-refractivity contribution in [2.75, 3.05) is 24.3 Å². The van der Waals surface area contributed by atoms with Crippen LogP contribution < -0.4 is 10.6 Å². The molecule has 126 valence electrons. The molecule has 0 aliphatic heterocycles. The molecule has 0 atom stereocenters. The van der Waals surface area contributed by atoms with Crippen LogP contribution in [-0.4, -0.2) is 25.5 Å². The summed E-state index contributed by atoms with van der Waals surface area (Å²) >= 11 is 0. The van der Waals surface area contributed by atoms with Crippen LogP contribution in [0.4, 0.5) is 11.4 Å². The first-order chi connectivity index (χ1) is 12.2. The number of rotatable bonds is 5. The maximum absolute atomic E-state index is 12.1. The van der Waals surface area contributed by atoms with Gasteiger partial charge in [0.05, 0.1) is 5.56 Å². The fourth-order valence-electron chi connectivity index (χ4n) is 2.55. The maximum Gasteiger partial charge on any atom is 0.340 e. The lowest BCUT2D eigenvalue weighted by Crippen LogP contribution is -2.21. The van der Waals surface area contributed by atoms with E-state index in [2.05, 4.69) is 10.6 Å². The van der Waals surface area contributed by atoms with Crippen molar-refractivity contribution in [2.24, 2.45) is 0 Å². The molecular formula is C20H18N2O3. The summed E-state index contributed by atoms with van der Waals surface area (Å²) in [6, 6.07) is 20.5.